The van der Waals surface area contributed by atoms with Gasteiger partial charge < -0.3 is 19.9 Å². The SMILES string of the molecule is Cc1cc(NC(=O)N[C@H]2CCO[C@@H](c3cncn3C)C2)ccn1. The molecule has 2 atom stereocenters. The van der Waals surface area contributed by atoms with Crippen molar-refractivity contribution >= 4 is 11.7 Å². The van der Waals surface area contributed by atoms with Crippen LogP contribution in [-0.4, -0.2) is 33.2 Å². The number of carbonyl (C=O) groups is 1. The number of amides is 2. The number of hydrogen-bond donors (Lipinski definition) is 2. The van der Waals surface area contributed by atoms with Crippen molar-refractivity contribution in [3.63, 3.8) is 0 Å². The third kappa shape index (κ3) is 3.87. The third-order valence-electron chi connectivity index (χ3n) is 3.96. The zero-order valence-electron chi connectivity index (χ0n) is 13.3. The van der Waals surface area contributed by atoms with Crippen LogP contribution in [0.4, 0.5) is 10.5 Å². The molecule has 3 rings (SSSR count). The van der Waals surface area contributed by atoms with E-state index in [9.17, 15) is 4.79 Å². The van der Waals surface area contributed by atoms with E-state index in [0.29, 0.717) is 6.61 Å². The monoisotopic (exact) mass is 315 g/mol. The van der Waals surface area contributed by atoms with Crippen molar-refractivity contribution in [2.75, 3.05) is 11.9 Å². The van der Waals surface area contributed by atoms with E-state index in [1.807, 2.05) is 30.8 Å². The fraction of sp³-hybridized carbons (Fsp3) is 0.438. The summed E-state index contributed by atoms with van der Waals surface area (Å²) in [5.74, 6) is 0. The summed E-state index contributed by atoms with van der Waals surface area (Å²) < 4.78 is 7.76. The van der Waals surface area contributed by atoms with Crippen LogP contribution in [0.1, 0.15) is 30.3 Å². The van der Waals surface area contributed by atoms with Crippen LogP contribution in [0.15, 0.2) is 30.9 Å². The van der Waals surface area contributed by atoms with Crippen molar-refractivity contribution in [2.45, 2.75) is 31.9 Å². The van der Waals surface area contributed by atoms with Gasteiger partial charge in [-0.05, 0) is 31.9 Å². The molecule has 0 aromatic carbocycles. The van der Waals surface area contributed by atoms with Crippen molar-refractivity contribution in [1.82, 2.24) is 19.9 Å². The third-order valence-corrected chi connectivity index (χ3v) is 3.96. The van der Waals surface area contributed by atoms with E-state index < -0.39 is 0 Å². The molecule has 0 spiro atoms. The number of aromatic nitrogens is 3. The molecule has 2 aromatic heterocycles. The highest BCUT2D eigenvalue weighted by Crippen LogP contribution is 2.27. The Kier molecular flexibility index (Phi) is 4.57. The number of nitrogens with one attached hydrogen (secondary N) is 2. The fourth-order valence-corrected chi connectivity index (χ4v) is 2.79. The number of pyridine rings is 1. The predicted octanol–water partition coefficient (Wildman–Crippen LogP) is 2.17. The van der Waals surface area contributed by atoms with Gasteiger partial charge in [0.05, 0.1) is 18.2 Å². The number of nitrogens with zero attached hydrogens (tertiary/aromatic N) is 3. The van der Waals surface area contributed by atoms with Gasteiger partial charge in [0.2, 0.25) is 0 Å². The molecule has 1 aliphatic heterocycles. The summed E-state index contributed by atoms with van der Waals surface area (Å²) in [6.07, 6.45) is 6.75. The first-order chi connectivity index (χ1) is 11.1. The Labute approximate surface area is 135 Å². The average Bonchev–Trinajstić information content (AvgIpc) is 2.93. The molecule has 7 nitrogen and oxygen atoms in total. The van der Waals surface area contributed by atoms with Crippen molar-refractivity contribution in [3.8, 4) is 0 Å². The van der Waals surface area contributed by atoms with E-state index >= 15 is 0 Å². The molecule has 23 heavy (non-hydrogen) atoms. The molecule has 2 aromatic rings. The smallest absolute Gasteiger partial charge is 0.319 e. The van der Waals surface area contributed by atoms with E-state index in [1.54, 1.807) is 18.6 Å². The molecule has 0 radical (unpaired) electrons. The van der Waals surface area contributed by atoms with Crippen molar-refractivity contribution in [3.05, 3.63) is 42.2 Å². The fourth-order valence-electron chi connectivity index (χ4n) is 2.79. The molecular weight excluding hydrogens is 294 g/mol. The lowest BCUT2D eigenvalue weighted by atomic mass is 10.0. The Morgan fingerprint density at radius 2 is 2.35 bits per heavy atom. The summed E-state index contributed by atoms with van der Waals surface area (Å²) in [7, 11) is 1.95. The second kappa shape index (κ2) is 6.78. The molecule has 2 N–H and O–H groups in total. The van der Waals surface area contributed by atoms with E-state index in [4.69, 9.17) is 4.74 Å². The first-order valence-electron chi connectivity index (χ1n) is 7.70. The topological polar surface area (TPSA) is 81.1 Å². The van der Waals surface area contributed by atoms with Crippen molar-refractivity contribution < 1.29 is 9.53 Å². The Morgan fingerprint density at radius 1 is 1.48 bits per heavy atom. The van der Waals surface area contributed by atoms with Crippen LogP contribution in [0.3, 0.4) is 0 Å². The second-order valence-electron chi connectivity index (χ2n) is 5.79. The Hall–Kier alpha value is -2.41. The number of carbonyl (C=O) groups excluding carboxylic acids is 1. The number of ether oxygens (including phenoxy) is 1. The molecule has 1 aliphatic rings. The standard InChI is InChI=1S/C16H21N5O2/c1-11-7-12(3-5-18-11)19-16(22)20-13-4-6-23-15(8-13)14-9-17-10-21(14)2/h3,5,7,9-10,13,15H,4,6,8H2,1-2H3,(H2,18,19,20,22)/t13-,15+/m0/s1. The van der Waals surface area contributed by atoms with Crippen molar-refractivity contribution in [2.24, 2.45) is 7.05 Å². The first-order valence-corrected chi connectivity index (χ1v) is 7.70. The van der Waals surface area contributed by atoms with Crippen LogP contribution >= 0.6 is 0 Å². The van der Waals surface area contributed by atoms with Gasteiger partial charge in [-0.3, -0.25) is 4.98 Å². The van der Waals surface area contributed by atoms with Crippen LogP contribution in [-0.2, 0) is 11.8 Å². The van der Waals surface area contributed by atoms with E-state index in [1.165, 1.54) is 0 Å². The Bertz CT molecular complexity index is 685. The lowest BCUT2D eigenvalue weighted by Gasteiger charge is -2.30. The maximum atomic E-state index is 12.2. The lowest BCUT2D eigenvalue weighted by molar-refractivity contribution is -0.00151. The van der Waals surface area contributed by atoms with Gasteiger partial charge in [0.15, 0.2) is 0 Å². The Balaban J connectivity index is 1.57. The highest BCUT2D eigenvalue weighted by Gasteiger charge is 2.26. The molecule has 0 aliphatic carbocycles. The van der Waals surface area contributed by atoms with Crippen LogP contribution in [0.2, 0.25) is 0 Å². The Morgan fingerprint density at radius 3 is 3.09 bits per heavy atom. The quantitative estimate of drug-likeness (QED) is 0.909. The largest absolute Gasteiger partial charge is 0.372 e. The number of hydrogen-bond acceptors (Lipinski definition) is 4. The van der Waals surface area contributed by atoms with Gasteiger partial charge >= 0.3 is 6.03 Å². The van der Waals surface area contributed by atoms with Gasteiger partial charge in [-0.1, -0.05) is 0 Å². The maximum Gasteiger partial charge on any atom is 0.319 e. The summed E-state index contributed by atoms with van der Waals surface area (Å²) in [6, 6.07) is 3.48. The van der Waals surface area contributed by atoms with Gasteiger partial charge in [0, 0.05) is 37.3 Å². The van der Waals surface area contributed by atoms with Crippen LogP contribution in [0.5, 0.6) is 0 Å². The number of rotatable bonds is 3. The van der Waals surface area contributed by atoms with Gasteiger partial charge in [-0.25, -0.2) is 9.78 Å². The number of urea groups is 1. The van der Waals surface area contributed by atoms with Crippen molar-refractivity contribution in [1.29, 1.82) is 0 Å². The summed E-state index contributed by atoms with van der Waals surface area (Å²) in [4.78, 5) is 20.4. The normalized spacial score (nSPS) is 21.0. The second-order valence-corrected chi connectivity index (χ2v) is 5.79. The molecular formula is C16H21N5O2. The molecule has 0 saturated carbocycles. The number of imidazole rings is 1. The van der Waals surface area contributed by atoms with Crippen LogP contribution in [0, 0.1) is 6.92 Å². The zero-order valence-corrected chi connectivity index (χ0v) is 13.3. The molecule has 1 saturated heterocycles. The average molecular weight is 315 g/mol. The van der Waals surface area contributed by atoms with E-state index in [-0.39, 0.29) is 18.2 Å². The minimum absolute atomic E-state index is 0.0373. The first kappa shape index (κ1) is 15.5. The predicted molar refractivity (Wildman–Crippen MR) is 86.1 cm³/mol. The minimum Gasteiger partial charge on any atom is -0.372 e. The van der Waals surface area contributed by atoms with Gasteiger partial charge in [0.25, 0.3) is 0 Å². The highest BCUT2D eigenvalue weighted by molar-refractivity contribution is 5.89. The van der Waals surface area contributed by atoms with E-state index in [2.05, 4.69) is 20.6 Å². The van der Waals surface area contributed by atoms with Crippen LogP contribution in [0.25, 0.3) is 0 Å². The number of aryl methyl sites for hydroxylation is 2. The molecule has 0 bridgehead atoms. The summed E-state index contributed by atoms with van der Waals surface area (Å²) in [6.45, 7) is 2.51. The molecule has 7 heteroatoms. The van der Waals surface area contributed by atoms with E-state index in [0.717, 1.165) is 29.9 Å². The summed E-state index contributed by atoms with van der Waals surface area (Å²) in [5, 5.41) is 5.86. The molecule has 3 heterocycles. The molecule has 0 unspecified atom stereocenters. The maximum absolute atomic E-state index is 12.2. The zero-order chi connectivity index (χ0) is 16.2. The minimum atomic E-state index is -0.203. The van der Waals surface area contributed by atoms with Gasteiger partial charge in [0.1, 0.15) is 6.10 Å². The van der Waals surface area contributed by atoms with Crippen LogP contribution < -0.4 is 10.6 Å². The van der Waals surface area contributed by atoms with Gasteiger partial charge in [-0.15, -0.1) is 0 Å². The van der Waals surface area contributed by atoms with Gasteiger partial charge in [-0.2, -0.15) is 0 Å². The molecule has 1 fully saturated rings. The number of anilines is 1. The summed E-state index contributed by atoms with van der Waals surface area (Å²) >= 11 is 0. The lowest BCUT2D eigenvalue weighted by Crippen LogP contribution is -2.42. The molecule has 122 valence electrons. The molecule has 2 amide bonds. The summed E-state index contributed by atoms with van der Waals surface area (Å²) in [5.41, 5.74) is 2.64. The highest BCUT2D eigenvalue weighted by atomic mass is 16.5.